The molecule has 1 aromatic rings. The number of hydrogen-bond acceptors (Lipinski definition) is 3. The molecule has 0 saturated carbocycles. The lowest BCUT2D eigenvalue weighted by Gasteiger charge is -2.35. The SMILES string of the molecule is CC(C)c1ccc(CCC(=O)N2CCC([C@@H]3OCCC3C(=O)O)CC2)cc1. The monoisotopic (exact) mass is 373 g/mol. The normalized spacial score (nSPS) is 23.7. The number of aryl methyl sites for hydroxylation is 1. The van der Waals surface area contributed by atoms with Crippen LogP contribution >= 0.6 is 0 Å². The van der Waals surface area contributed by atoms with E-state index in [1.54, 1.807) is 0 Å². The van der Waals surface area contributed by atoms with Gasteiger partial charge in [0.25, 0.3) is 0 Å². The maximum absolute atomic E-state index is 12.5. The molecule has 1 aromatic carbocycles. The molecule has 0 aromatic heterocycles. The van der Waals surface area contributed by atoms with Crippen molar-refractivity contribution in [3.8, 4) is 0 Å². The van der Waals surface area contributed by atoms with Crippen LogP contribution in [0.25, 0.3) is 0 Å². The first-order chi connectivity index (χ1) is 13.0. The molecule has 0 bridgehead atoms. The lowest BCUT2D eigenvalue weighted by Crippen LogP contribution is -2.43. The quantitative estimate of drug-likeness (QED) is 0.829. The molecule has 2 heterocycles. The standard InChI is InChI=1S/C22H31NO4/c1-15(2)17-6-3-16(4-7-17)5-8-20(24)23-12-9-18(10-13-23)21-19(22(25)26)11-14-27-21/h3-4,6-7,15,18-19,21H,5,8-14H2,1-2H3,(H,25,26)/t19?,21-/m0/s1. The van der Waals surface area contributed by atoms with E-state index in [0.717, 1.165) is 19.3 Å². The summed E-state index contributed by atoms with van der Waals surface area (Å²) < 4.78 is 5.71. The Morgan fingerprint density at radius 1 is 1.15 bits per heavy atom. The van der Waals surface area contributed by atoms with Crippen LogP contribution in [-0.4, -0.2) is 47.7 Å². The van der Waals surface area contributed by atoms with Gasteiger partial charge in [-0.3, -0.25) is 9.59 Å². The first-order valence-corrected chi connectivity index (χ1v) is 10.2. The van der Waals surface area contributed by atoms with E-state index in [9.17, 15) is 14.7 Å². The van der Waals surface area contributed by atoms with E-state index in [1.807, 2.05) is 4.90 Å². The van der Waals surface area contributed by atoms with Gasteiger partial charge in [-0.25, -0.2) is 0 Å². The molecule has 27 heavy (non-hydrogen) atoms. The number of benzene rings is 1. The zero-order chi connectivity index (χ0) is 19.4. The van der Waals surface area contributed by atoms with Crippen LogP contribution < -0.4 is 0 Å². The molecule has 1 unspecified atom stereocenters. The lowest BCUT2D eigenvalue weighted by molar-refractivity contribution is -0.146. The number of aliphatic carboxylic acids is 1. The molecular formula is C22H31NO4. The molecular weight excluding hydrogens is 342 g/mol. The average molecular weight is 373 g/mol. The van der Waals surface area contributed by atoms with E-state index in [-0.39, 0.29) is 23.8 Å². The number of carbonyl (C=O) groups is 2. The largest absolute Gasteiger partial charge is 0.481 e. The van der Waals surface area contributed by atoms with Crippen molar-refractivity contribution in [2.24, 2.45) is 11.8 Å². The van der Waals surface area contributed by atoms with Gasteiger partial charge in [-0.05, 0) is 48.6 Å². The molecule has 2 fully saturated rings. The number of piperidine rings is 1. The minimum atomic E-state index is -0.750. The van der Waals surface area contributed by atoms with E-state index in [1.165, 1.54) is 11.1 Å². The minimum absolute atomic E-state index is 0.181. The number of hydrogen-bond donors (Lipinski definition) is 1. The second kappa shape index (κ2) is 8.87. The maximum atomic E-state index is 12.5. The van der Waals surface area contributed by atoms with Gasteiger partial charge < -0.3 is 14.7 Å². The molecule has 2 aliphatic heterocycles. The maximum Gasteiger partial charge on any atom is 0.309 e. The highest BCUT2D eigenvalue weighted by molar-refractivity contribution is 5.76. The van der Waals surface area contributed by atoms with Crippen molar-refractivity contribution in [3.63, 3.8) is 0 Å². The van der Waals surface area contributed by atoms with Crippen LogP contribution in [0, 0.1) is 11.8 Å². The van der Waals surface area contributed by atoms with Crippen molar-refractivity contribution in [2.45, 2.75) is 58.0 Å². The second-order valence-electron chi connectivity index (χ2n) is 8.18. The summed E-state index contributed by atoms with van der Waals surface area (Å²) >= 11 is 0. The van der Waals surface area contributed by atoms with E-state index >= 15 is 0 Å². The van der Waals surface area contributed by atoms with Gasteiger partial charge in [0.2, 0.25) is 5.91 Å². The van der Waals surface area contributed by atoms with Crippen LogP contribution in [0.1, 0.15) is 56.6 Å². The summed E-state index contributed by atoms with van der Waals surface area (Å²) in [4.78, 5) is 25.8. The van der Waals surface area contributed by atoms with Gasteiger partial charge in [0, 0.05) is 26.1 Å². The van der Waals surface area contributed by atoms with Crippen LogP contribution in [0.3, 0.4) is 0 Å². The predicted molar refractivity (Wildman–Crippen MR) is 104 cm³/mol. The summed E-state index contributed by atoms with van der Waals surface area (Å²) in [7, 11) is 0. The summed E-state index contributed by atoms with van der Waals surface area (Å²) in [6.45, 7) is 6.31. The van der Waals surface area contributed by atoms with Gasteiger partial charge in [0.05, 0.1) is 12.0 Å². The second-order valence-corrected chi connectivity index (χ2v) is 8.18. The highest BCUT2D eigenvalue weighted by Gasteiger charge is 2.40. The molecule has 3 rings (SSSR count). The van der Waals surface area contributed by atoms with Crippen LogP contribution in [0.4, 0.5) is 0 Å². The number of amides is 1. The van der Waals surface area contributed by atoms with Crippen molar-refractivity contribution in [3.05, 3.63) is 35.4 Å². The molecule has 0 aliphatic carbocycles. The summed E-state index contributed by atoms with van der Waals surface area (Å²) in [6.07, 6.45) is 3.40. The first-order valence-electron chi connectivity index (χ1n) is 10.2. The van der Waals surface area contributed by atoms with Gasteiger partial charge in [-0.2, -0.15) is 0 Å². The zero-order valence-electron chi connectivity index (χ0n) is 16.4. The number of ether oxygens (including phenoxy) is 1. The summed E-state index contributed by atoms with van der Waals surface area (Å²) in [5.41, 5.74) is 2.52. The van der Waals surface area contributed by atoms with Gasteiger partial charge in [0.15, 0.2) is 0 Å². The lowest BCUT2D eigenvalue weighted by atomic mass is 9.84. The Morgan fingerprint density at radius 3 is 2.41 bits per heavy atom. The molecule has 1 amide bonds. The summed E-state index contributed by atoms with van der Waals surface area (Å²) in [6, 6.07) is 8.55. The summed E-state index contributed by atoms with van der Waals surface area (Å²) in [5, 5.41) is 9.34. The molecule has 2 saturated heterocycles. The fraction of sp³-hybridized carbons (Fsp3) is 0.636. The van der Waals surface area contributed by atoms with Crippen molar-refractivity contribution < 1.29 is 19.4 Å². The third kappa shape index (κ3) is 4.89. The van der Waals surface area contributed by atoms with E-state index < -0.39 is 5.97 Å². The smallest absolute Gasteiger partial charge is 0.309 e. The van der Waals surface area contributed by atoms with E-state index in [4.69, 9.17) is 4.74 Å². The predicted octanol–water partition coefficient (Wildman–Crippen LogP) is 3.47. The minimum Gasteiger partial charge on any atom is -0.481 e. The number of carboxylic acids is 1. The van der Waals surface area contributed by atoms with E-state index in [2.05, 4.69) is 38.1 Å². The van der Waals surface area contributed by atoms with Crippen molar-refractivity contribution in [2.75, 3.05) is 19.7 Å². The van der Waals surface area contributed by atoms with Crippen LogP contribution in [0.2, 0.25) is 0 Å². The molecule has 5 nitrogen and oxygen atoms in total. The van der Waals surface area contributed by atoms with Gasteiger partial charge >= 0.3 is 5.97 Å². The highest BCUT2D eigenvalue weighted by atomic mass is 16.5. The third-order valence-corrected chi connectivity index (χ3v) is 6.08. The van der Waals surface area contributed by atoms with Crippen LogP contribution in [0.5, 0.6) is 0 Å². The fourth-order valence-electron chi connectivity index (χ4n) is 4.30. The Morgan fingerprint density at radius 2 is 1.81 bits per heavy atom. The first kappa shape index (κ1) is 19.9. The van der Waals surface area contributed by atoms with Crippen LogP contribution in [-0.2, 0) is 20.7 Å². The Bertz CT molecular complexity index is 647. The third-order valence-electron chi connectivity index (χ3n) is 6.08. The Labute approximate surface area is 161 Å². The number of nitrogens with zero attached hydrogens (tertiary/aromatic N) is 1. The van der Waals surface area contributed by atoms with Gasteiger partial charge in [-0.15, -0.1) is 0 Å². The zero-order valence-corrected chi connectivity index (χ0v) is 16.4. The van der Waals surface area contributed by atoms with Crippen molar-refractivity contribution in [1.82, 2.24) is 4.90 Å². The molecule has 0 spiro atoms. The Hall–Kier alpha value is -1.88. The van der Waals surface area contributed by atoms with E-state index in [0.29, 0.717) is 38.5 Å². The molecule has 1 N–H and O–H groups in total. The number of rotatable bonds is 6. The van der Waals surface area contributed by atoms with Crippen molar-refractivity contribution in [1.29, 1.82) is 0 Å². The molecule has 2 atom stereocenters. The Balaban J connectivity index is 1.45. The molecule has 148 valence electrons. The number of carboxylic acid groups (broad SMARTS) is 1. The highest BCUT2D eigenvalue weighted by Crippen LogP contribution is 2.33. The van der Waals surface area contributed by atoms with Gasteiger partial charge in [-0.1, -0.05) is 38.1 Å². The number of likely N-dealkylation sites (tertiary alicyclic amines) is 1. The number of carbonyl (C=O) groups excluding carboxylic acids is 1. The van der Waals surface area contributed by atoms with Crippen LogP contribution in [0.15, 0.2) is 24.3 Å². The summed E-state index contributed by atoms with van der Waals surface area (Å²) in [5.74, 6) is -0.165. The van der Waals surface area contributed by atoms with Crippen molar-refractivity contribution >= 4 is 11.9 Å². The van der Waals surface area contributed by atoms with Gasteiger partial charge in [0.1, 0.15) is 0 Å². The molecule has 5 heteroatoms. The fourth-order valence-corrected chi connectivity index (χ4v) is 4.30. The average Bonchev–Trinajstić information content (AvgIpc) is 3.17. The Kier molecular flexibility index (Phi) is 6.53. The topological polar surface area (TPSA) is 66.8 Å². The molecule has 0 radical (unpaired) electrons. The molecule has 2 aliphatic rings.